The van der Waals surface area contributed by atoms with Crippen LogP contribution in [0.15, 0.2) is 146 Å². The van der Waals surface area contributed by atoms with Crippen LogP contribution in [-0.2, 0) is 61.3 Å². The molecule has 1 saturated heterocycles. The molecule has 50 heavy (non-hydrogen) atoms. The molecular formula is C42H42O8. The van der Waals surface area contributed by atoms with Crippen molar-refractivity contribution in [2.24, 2.45) is 0 Å². The van der Waals surface area contributed by atoms with Gasteiger partial charge in [-0.1, -0.05) is 133 Å². The normalized spacial score (nSPS) is 20.3. The fourth-order valence-electron chi connectivity index (χ4n) is 5.88. The van der Waals surface area contributed by atoms with E-state index in [1.165, 1.54) is 0 Å². The van der Waals surface area contributed by atoms with Gasteiger partial charge in [-0.15, -0.1) is 0 Å². The van der Waals surface area contributed by atoms with E-state index >= 15 is 0 Å². The first kappa shape index (κ1) is 35.0. The van der Waals surface area contributed by atoms with Crippen LogP contribution in [0.5, 0.6) is 5.75 Å². The van der Waals surface area contributed by atoms with Crippen molar-refractivity contribution >= 4 is 5.97 Å². The van der Waals surface area contributed by atoms with Crippen molar-refractivity contribution in [3.05, 3.63) is 173 Å². The second-order valence-electron chi connectivity index (χ2n) is 12.2. The summed E-state index contributed by atoms with van der Waals surface area (Å²) in [6, 6.07) is 46.8. The quantitative estimate of drug-likeness (QED) is 0.109. The van der Waals surface area contributed by atoms with E-state index in [0.29, 0.717) is 31.1 Å². The number of carboxylic acids is 1. The van der Waals surface area contributed by atoms with E-state index in [4.69, 9.17) is 28.4 Å². The Hall–Kier alpha value is -4.83. The smallest absolute Gasteiger partial charge is 0.307 e. The van der Waals surface area contributed by atoms with Gasteiger partial charge in [0.1, 0.15) is 30.2 Å². The molecule has 5 atom stereocenters. The third-order valence-corrected chi connectivity index (χ3v) is 8.35. The van der Waals surface area contributed by atoms with Gasteiger partial charge >= 0.3 is 5.97 Å². The molecule has 0 bridgehead atoms. The number of rotatable bonds is 17. The Morgan fingerprint density at radius 3 is 1.52 bits per heavy atom. The van der Waals surface area contributed by atoms with Gasteiger partial charge in [0.15, 0.2) is 0 Å². The fraction of sp³-hybridized carbons (Fsp3) is 0.262. The summed E-state index contributed by atoms with van der Waals surface area (Å²) in [5, 5.41) is 9.42. The van der Waals surface area contributed by atoms with E-state index < -0.39 is 36.7 Å². The molecule has 5 aromatic carbocycles. The molecule has 0 amide bonds. The van der Waals surface area contributed by atoms with Crippen LogP contribution in [0.4, 0.5) is 0 Å². The zero-order valence-corrected chi connectivity index (χ0v) is 27.8. The number of aliphatic carboxylic acids is 1. The maximum atomic E-state index is 11.5. The lowest BCUT2D eigenvalue weighted by Crippen LogP contribution is -2.62. The number of hydrogen-bond acceptors (Lipinski definition) is 7. The van der Waals surface area contributed by atoms with Crippen LogP contribution in [0.25, 0.3) is 0 Å². The Labute approximate surface area is 293 Å². The van der Waals surface area contributed by atoms with Crippen molar-refractivity contribution in [3.63, 3.8) is 0 Å². The van der Waals surface area contributed by atoms with Crippen LogP contribution in [-0.4, -0.2) is 48.4 Å². The summed E-state index contributed by atoms with van der Waals surface area (Å²) in [7, 11) is 0. The average Bonchev–Trinajstić information content (AvgIpc) is 3.14. The zero-order chi connectivity index (χ0) is 34.4. The minimum absolute atomic E-state index is 0.134. The van der Waals surface area contributed by atoms with Gasteiger partial charge < -0.3 is 33.5 Å². The first-order valence-corrected chi connectivity index (χ1v) is 16.8. The SMILES string of the molecule is O=C(O)Cc1cccc(O[C@H]2O[C@H](COCc3ccccc3)[C@@H](OCc3ccccc3)[C@@H](OCc3ccccc3)[C@H]2OCc2ccccc2)c1. The second-order valence-corrected chi connectivity index (χ2v) is 12.2. The largest absolute Gasteiger partial charge is 0.481 e. The van der Waals surface area contributed by atoms with Crippen molar-refractivity contribution < 1.29 is 38.3 Å². The molecular weight excluding hydrogens is 632 g/mol. The summed E-state index contributed by atoms with van der Waals surface area (Å²) in [6.07, 6.45) is -3.67. The number of carboxylic acid groups (broad SMARTS) is 1. The molecule has 1 heterocycles. The van der Waals surface area contributed by atoms with E-state index in [9.17, 15) is 9.90 Å². The summed E-state index contributed by atoms with van der Waals surface area (Å²) in [5.74, 6) is -0.472. The van der Waals surface area contributed by atoms with Gasteiger partial charge in [0.05, 0.1) is 39.5 Å². The summed E-state index contributed by atoms with van der Waals surface area (Å²) in [5.41, 5.74) is 4.63. The van der Waals surface area contributed by atoms with Crippen LogP contribution in [0.1, 0.15) is 27.8 Å². The number of hydrogen-bond donors (Lipinski definition) is 1. The lowest BCUT2D eigenvalue weighted by Gasteiger charge is -2.45. The second kappa shape index (κ2) is 18.2. The monoisotopic (exact) mass is 674 g/mol. The van der Waals surface area contributed by atoms with Crippen LogP contribution in [0.2, 0.25) is 0 Å². The van der Waals surface area contributed by atoms with E-state index in [0.717, 1.165) is 22.3 Å². The minimum atomic E-state index is -0.943. The van der Waals surface area contributed by atoms with Crippen LogP contribution >= 0.6 is 0 Å². The molecule has 1 fully saturated rings. The first-order chi connectivity index (χ1) is 24.6. The summed E-state index contributed by atoms with van der Waals surface area (Å²) < 4.78 is 39.7. The molecule has 5 aromatic rings. The maximum absolute atomic E-state index is 11.5. The van der Waals surface area contributed by atoms with Crippen LogP contribution in [0, 0.1) is 0 Å². The Bertz CT molecular complexity index is 1720. The fourth-order valence-corrected chi connectivity index (χ4v) is 5.88. The minimum Gasteiger partial charge on any atom is -0.481 e. The van der Waals surface area contributed by atoms with Gasteiger partial charge in [0.25, 0.3) is 0 Å². The van der Waals surface area contributed by atoms with Crippen LogP contribution in [0.3, 0.4) is 0 Å². The van der Waals surface area contributed by atoms with E-state index in [2.05, 4.69) is 0 Å². The van der Waals surface area contributed by atoms with E-state index in [1.54, 1.807) is 24.3 Å². The molecule has 0 aromatic heterocycles. The third-order valence-electron chi connectivity index (χ3n) is 8.35. The Morgan fingerprint density at radius 2 is 1.00 bits per heavy atom. The molecule has 0 spiro atoms. The molecule has 8 nitrogen and oxygen atoms in total. The van der Waals surface area contributed by atoms with Crippen molar-refractivity contribution in [2.75, 3.05) is 6.61 Å². The van der Waals surface area contributed by atoms with Gasteiger partial charge in [-0.2, -0.15) is 0 Å². The maximum Gasteiger partial charge on any atom is 0.307 e. The topological polar surface area (TPSA) is 92.7 Å². The van der Waals surface area contributed by atoms with E-state index in [-0.39, 0.29) is 19.6 Å². The first-order valence-electron chi connectivity index (χ1n) is 16.8. The summed E-state index contributed by atoms with van der Waals surface area (Å²) in [6.45, 7) is 1.49. The molecule has 1 N–H and O–H groups in total. The molecule has 1 aliphatic rings. The molecule has 8 heteroatoms. The Kier molecular flexibility index (Phi) is 12.8. The highest BCUT2D eigenvalue weighted by Crippen LogP contribution is 2.33. The Balaban J connectivity index is 1.33. The van der Waals surface area contributed by atoms with Crippen molar-refractivity contribution in [1.82, 2.24) is 0 Å². The lowest BCUT2D eigenvalue weighted by molar-refractivity contribution is -0.310. The predicted molar refractivity (Wildman–Crippen MR) is 188 cm³/mol. The lowest BCUT2D eigenvalue weighted by atomic mass is 9.97. The van der Waals surface area contributed by atoms with E-state index in [1.807, 2.05) is 121 Å². The van der Waals surface area contributed by atoms with Gasteiger partial charge in [-0.3, -0.25) is 4.79 Å². The van der Waals surface area contributed by atoms with Gasteiger partial charge in [-0.25, -0.2) is 0 Å². The van der Waals surface area contributed by atoms with Gasteiger partial charge in [-0.05, 0) is 39.9 Å². The number of carbonyl (C=O) groups is 1. The number of ether oxygens (including phenoxy) is 6. The molecule has 0 radical (unpaired) electrons. The molecule has 6 rings (SSSR count). The molecule has 258 valence electrons. The zero-order valence-electron chi connectivity index (χ0n) is 27.8. The average molecular weight is 675 g/mol. The molecule has 0 aliphatic carbocycles. The summed E-state index contributed by atoms with van der Waals surface area (Å²) >= 11 is 0. The summed E-state index contributed by atoms with van der Waals surface area (Å²) in [4.78, 5) is 11.5. The van der Waals surface area contributed by atoms with Crippen molar-refractivity contribution in [1.29, 1.82) is 0 Å². The molecule has 1 aliphatic heterocycles. The number of benzene rings is 5. The Morgan fingerprint density at radius 1 is 0.540 bits per heavy atom. The molecule has 0 unspecified atom stereocenters. The van der Waals surface area contributed by atoms with Gasteiger partial charge in [0.2, 0.25) is 6.29 Å². The highest BCUT2D eigenvalue weighted by Gasteiger charge is 2.49. The molecule has 0 saturated carbocycles. The van der Waals surface area contributed by atoms with Crippen molar-refractivity contribution in [3.8, 4) is 5.75 Å². The highest BCUT2D eigenvalue weighted by atomic mass is 16.7. The van der Waals surface area contributed by atoms with Gasteiger partial charge in [0, 0.05) is 0 Å². The highest BCUT2D eigenvalue weighted by molar-refractivity contribution is 5.70. The third kappa shape index (κ3) is 10.3. The van der Waals surface area contributed by atoms with Crippen LogP contribution < -0.4 is 4.74 Å². The van der Waals surface area contributed by atoms with Crippen molar-refractivity contribution in [2.45, 2.75) is 63.6 Å². The standard InChI is InChI=1S/C42H42O8/c43-38(44)25-35-22-13-23-36(24-35)49-42-41(48-29-34-20-11-4-12-21-34)40(47-28-33-18-9-3-10-19-33)39(46-27-32-16-7-2-8-17-32)37(50-42)30-45-26-31-14-5-1-6-15-31/h1-24,37,39-42H,25-30H2,(H,43,44)/t37-,39-,40-,41-,42+/m1/s1. The predicted octanol–water partition coefficient (Wildman–Crippen LogP) is 7.39.